The van der Waals surface area contributed by atoms with Gasteiger partial charge in [0.1, 0.15) is 18.4 Å². The number of ether oxygens (including phenoxy) is 1. The van der Waals surface area contributed by atoms with E-state index in [1.165, 1.54) is 36.1 Å². The average Bonchev–Trinajstić information content (AvgIpc) is 0.810. The molecule has 0 aliphatic rings. The van der Waals surface area contributed by atoms with Gasteiger partial charge in [-0.1, -0.05) is 91.0 Å². The zero-order valence-corrected chi connectivity index (χ0v) is 78.6. The molecule has 0 fully saturated rings. The summed E-state index contributed by atoms with van der Waals surface area (Å²) in [6.45, 7) is 22.0. The molecule has 6 heterocycles. The van der Waals surface area contributed by atoms with E-state index in [1.54, 1.807) is 75.4 Å². The third-order valence-corrected chi connectivity index (χ3v) is 19.1. The third kappa shape index (κ3) is 28.4. The van der Waals surface area contributed by atoms with E-state index in [9.17, 15) is 29.1 Å². The van der Waals surface area contributed by atoms with Gasteiger partial charge in [-0.15, -0.1) is 0 Å². The quantitative estimate of drug-likeness (QED) is 0.0770. The van der Waals surface area contributed by atoms with E-state index in [0.29, 0.717) is 39.0 Å². The number of nitrogens with zero attached hydrogens (tertiary/aromatic N) is 10. The number of fused-ring (bicyclic) bond motifs is 6. The first-order chi connectivity index (χ1) is 49.7. The number of amides is 3. The van der Waals surface area contributed by atoms with Crippen LogP contribution in [0.15, 0.2) is 164 Å². The van der Waals surface area contributed by atoms with Crippen molar-refractivity contribution in [2.24, 2.45) is 17.2 Å². The molecule has 0 bridgehead atoms. The van der Waals surface area contributed by atoms with Gasteiger partial charge in [0.25, 0.3) is 0 Å². The standard InChI is InChI=1S/C14H15N3O2.C14H13N3O.C14H12N2O2.2C13H11BrN2.C10H7Br2N.C3H6O2.4Rn/c1-7(13(15)18)12-6-11-9(8(2)17-12)4-3-5-10(11)14(16)19;1-8(7-15)13-6-12-10(9(2)17-13)4-3-5-11(12)14(16)18;1-8(7-15)13-6-12-10(9(2)16-13)4-3-5-11(12)14(17)18;2*1-8-4-3-5-10-11(8)6-12(9(2)7-15)16-13(10)14;1-6-3-2-4-7-8(6)5-9(11)13-10(7)12;1-3(4)5-2;;;;/h3-7H,1-2H3,(H2,15,18)(H2,16,19);3-6,8H,1-2H3,(H2,16,18);3-6,8H,1-2H3,(H,17,18);2*3-6,9H,1-2H3;2-5H,1H3;1-2H3;;;;. The minimum Gasteiger partial charge on any atom is -0.478 e. The van der Waals surface area contributed by atoms with Gasteiger partial charge in [-0.2, -0.15) is 21.0 Å². The third-order valence-electron chi connectivity index (χ3n) is 16.9. The minimum absolute atomic E-state index is 0. The predicted octanol–water partition coefficient (Wildman–Crippen LogP) is 18.5. The van der Waals surface area contributed by atoms with Crippen LogP contribution in [-0.2, 0) is 14.3 Å². The van der Waals surface area contributed by atoms with E-state index in [1.807, 2.05) is 101 Å². The summed E-state index contributed by atoms with van der Waals surface area (Å²) in [5.41, 5.74) is 26.5. The maximum absolute atomic E-state index is 11.5. The Morgan fingerprint density at radius 1 is 0.385 bits per heavy atom. The van der Waals surface area contributed by atoms with E-state index >= 15 is 0 Å². The van der Waals surface area contributed by atoms with Crippen LogP contribution in [0.4, 0.5) is 0 Å². The fraction of sp³-hybridized carbons (Fsp3) is 0.222. The Morgan fingerprint density at radius 3 is 0.945 bits per heavy atom. The maximum Gasteiger partial charge on any atom is 0.336 e. The summed E-state index contributed by atoms with van der Waals surface area (Å²) in [6, 6.07) is 54.0. The molecule has 5 unspecified atom stereocenters. The number of aryl methyl sites for hydroxylation is 6. The molecular weight excluding hydrogens is 2470 g/mol. The van der Waals surface area contributed by atoms with Crippen molar-refractivity contribution in [3.63, 3.8) is 0 Å². The zero-order valence-electron chi connectivity index (χ0n) is 61.3. The monoisotopic (exact) mass is 2550 g/mol. The van der Waals surface area contributed by atoms with Gasteiger partial charge in [0.05, 0.1) is 95.0 Å². The molecule has 0 aliphatic heterocycles. The van der Waals surface area contributed by atoms with Crippen molar-refractivity contribution >= 4 is 158 Å². The number of carbonyl (C=O) groups excluding carboxylic acids is 4. The van der Waals surface area contributed by atoms with Crippen LogP contribution in [0.25, 0.3) is 64.6 Å². The Kier molecular flexibility index (Phi) is 46.6. The van der Waals surface area contributed by atoms with Crippen molar-refractivity contribution in [3.05, 3.63) is 243 Å². The number of hydrogen-bond acceptors (Lipinski definition) is 16. The molecule has 0 spiro atoms. The van der Waals surface area contributed by atoms with Crippen molar-refractivity contribution in [3.8, 4) is 24.3 Å². The summed E-state index contributed by atoms with van der Waals surface area (Å²) < 4.78 is 7.48. The van der Waals surface area contributed by atoms with Crippen LogP contribution in [0.3, 0.4) is 0 Å². The van der Waals surface area contributed by atoms with Crippen molar-refractivity contribution in [1.29, 1.82) is 21.0 Å². The van der Waals surface area contributed by atoms with Gasteiger partial charge in [0, 0.05) is 355 Å². The van der Waals surface area contributed by atoms with Crippen LogP contribution in [0.2, 0.25) is 0 Å². The molecule has 0 aliphatic carbocycles. The molecule has 0 saturated heterocycles. The maximum atomic E-state index is 11.5. The van der Waals surface area contributed by atoms with Crippen LogP contribution in [0, 0.1) is 374 Å². The fourth-order valence-electron chi connectivity index (χ4n) is 10.7. The number of halogens is 4. The number of pyridine rings is 6. The van der Waals surface area contributed by atoms with Gasteiger partial charge in [-0.05, 0) is 243 Å². The molecule has 6 aromatic carbocycles. The molecule has 5 atom stereocenters. The van der Waals surface area contributed by atoms with Gasteiger partial charge >= 0.3 is 11.9 Å². The Hall–Kier alpha value is -2.52. The number of nitriles is 4. The first kappa shape index (κ1) is 103. The first-order valence-corrected chi connectivity index (χ1v) is 35.7. The molecule has 6 aromatic heterocycles. The Balaban J connectivity index is 0.000000436. The summed E-state index contributed by atoms with van der Waals surface area (Å²) in [5, 5.41) is 56.4. The molecule has 0 radical (unpaired) electrons. The second-order valence-electron chi connectivity index (χ2n) is 24.3. The van der Waals surface area contributed by atoms with Crippen LogP contribution in [-0.4, -0.2) is 71.8 Å². The van der Waals surface area contributed by atoms with Gasteiger partial charge in [0.2, 0.25) is 17.7 Å². The van der Waals surface area contributed by atoms with E-state index in [0.717, 1.165) is 95.4 Å². The number of hydrogen-bond donors (Lipinski definition) is 4. The molecule has 0 saturated carbocycles. The van der Waals surface area contributed by atoms with Crippen molar-refractivity contribution in [1.82, 2.24) is 29.9 Å². The Morgan fingerprint density at radius 2 is 0.642 bits per heavy atom. The molecule has 20 nitrogen and oxygen atoms in total. The first-order valence-electron chi connectivity index (χ1n) is 32.5. The summed E-state index contributed by atoms with van der Waals surface area (Å²) in [4.78, 5) is 81.1. The number of aromatic nitrogens is 6. The number of benzene rings is 6. The normalized spacial score (nSPS) is 11.3. The van der Waals surface area contributed by atoms with Crippen molar-refractivity contribution < 1.29 is 321 Å². The number of methoxy groups -OCH3 is 1. The predicted molar refractivity (Wildman–Crippen MR) is 425 cm³/mol. The van der Waals surface area contributed by atoms with E-state index in [2.05, 4.69) is 168 Å². The number of nitrogens with two attached hydrogens (primary N) is 3. The summed E-state index contributed by atoms with van der Waals surface area (Å²) >= 11 is 13.7. The van der Waals surface area contributed by atoms with Crippen LogP contribution < -0.4 is 17.2 Å². The average molecular weight is 2550 g/mol. The van der Waals surface area contributed by atoms with E-state index in [-0.39, 0.29) is 323 Å². The van der Waals surface area contributed by atoms with Gasteiger partial charge in [-0.25, -0.2) is 19.7 Å². The van der Waals surface area contributed by atoms with Gasteiger partial charge < -0.3 is 27.0 Å². The number of carboxylic acid groups (broad SMARTS) is 1. The topological polar surface area (TPSA) is 365 Å². The minimum atomic E-state index is -0.971. The number of carboxylic acids is 1. The molecule has 28 heteroatoms. The van der Waals surface area contributed by atoms with Gasteiger partial charge in [0.15, 0.2) is 0 Å². The summed E-state index contributed by atoms with van der Waals surface area (Å²) in [6.07, 6.45) is 0. The molecule has 109 heavy (non-hydrogen) atoms. The Bertz CT molecular complexity index is 5310. The second kappa shape index (κ2) is 49.5. The smallest absolute Gasteiger partial charge is 0.336 e. The van der Waals surface area contributed by atoms with Crippen LogP contribution in [0.5, 0.6) is 0 Å². The van der Waals surface area contributed by atoms with E-state index in [4.69, 9.17) is 38.2 Å². The molecule has 12 rings (SSSR count). The summed E-state index contributed by atoms with van der Waals surface area (Å²) in [5.74, 6) is -4.18. The molecule has 12 aromatic rings. The number of rotatable bonds is 9. The van der Waals surface area contributed by atoms with Gasteiger partial charge in [-0.3, -0.25) is 34.1 Å². The largest absolute Gasteiger partial charge is 0.478 e. The molecular formula is C81H75Br4N13O7Rn4. The zero-order chi connectivity index (χ0) is 77.8. The Labute approximate surface area is 914 Å². The number of primary amides is 3. The molecule has 3 amide bonds. The number of esters is 1. The molecule has 566 valence electrons. The van der Waals surface area contributed by atoms with E-state index < -0.39 is 29.6 Å². The van der Waals surface area contributed by atoms with Crippen LogP contribution >= 0.6 is 63.7 Å². The second-order valence-corrected chi connectivity index (χ2v) is 27.3. The fourth-order valence-corrected chi connectivity index (χ4v) is 13.0. The number of carbonyl (C=O) groups is 5. The number of aromatic carboxylic acids is 1. The van der Waals surface area contributed by atoms with Crippen molar-refractivity contribution in [2.45, 2.75) is 113 Å². The molecule has 7 N–H and O–H groups in total. The SMILES string of the molecule is COC(C)=O.Cc1cccc2c(Br)nc(Br)cc12.Cc1cccc2c(Br)nc(C(C)C#N)cc12.Cc1cccc2c(Br)nc(C(C)C#N)cc12.Cc1nc(C(C)C#N)cc2c(C(=O)O)cccc12.Cc1nc(C(C)C#N)cc2c(C(N)=O)cccc12.Cc1nc(C(C)C(N)=O)cc2c(C(N)=O)cccc12.[Rn].[Rn].[Rn].[Rn]. The van der Waals surface area contributed by atoms with Crippen LogP contribution in [0.1, 0.15) is 164 Å². The van der Waals surface area contributed by atoms with Crippen molar-refractivity contribution in [2.75, 3.05) is 7.11 Å². The summed E-state index contributed by atoms with van der Waals surface area (Å²) in [7, 11) is 1.35.